The maximum Gasteiger partial charge on any atom is 0.259 e. The topological polar surface area (TPSA) is 92.5 Å². The number of hydrogen-bond donors (Lipinski definition) is 2. The van der Waals surface area contributed by atoms with Gasteiger partial charge >= 0.3 is 0 Å². The van der Waals surface area contributed by atoms with Crippen LogP contribution >= 0.6 is 34.8 Å². The summed E-state index contributed by atoms with van der Waals surface area (Å²) in [6.07, 6.45) is 0. The first-order valence-electron chi connectivity index (χ1n) is 10.6. The van der Waals surface area contributed by atoms with Crippen molar-refractivity contribution >= 4 is 68.5 Å². The summed E-state index contributed by atoms with van der Waals surface area (Å²) >= 11 is 18.5. The minimum Gasteiger partial charge on any atom is -0.505 e. The first-order valence-corrected chi connectivity index (χ1v) is 11.7. The Morgan fingerprint density at radius 2 is 1.64 bits per heavy atom. The minimum absolute atomic E-state index is 0.0202. The molecule has 0 saturated heterocycles. The van der Waals surface area contributed by atoms with Gasteiger partial charge in [0, 0.05) is 16.5 Å². The number of halogens is 3. The zero-order valence-corrected chi connectivity index (χ0v) is 21.7. The number of ether oxygens (including phenoxy) is 2. The Kier molecular flexibility index (Phi) is 7.54. The lowest BCUT2D eigenvalue weighted by molar-refractivity contribution is 0.102. The first kappa shape index (κ1) is 25.6. The number of fused-ring (bicyclic) bond motifs is 1. The van der Waals surface area contributed by atoms with Gasteiger partial charge in [0.25, 0.3) is 5.91 Å². The Morgan fingerprint density at radius 1 is 0.889 bits per heavy atom. The van der Waals surface area contributed by atoms with Crippen LogP contribution in [0.4, 0.5) is 17.1 Å². The second kappa shape index (κ2) is 10.6. The van der Waals surface area contributed by atoms with Gasteiger partial charge < -0.3 is 19.9 Å². The molecule has 0 atom stereocenters. The van der Waals surface area contributed by atoms with Gasteiger partial charge in [-0.1, -0.05) is 58.6 Å². The molecule has 2 N–H and O–H groups in total. The van der Waals surface area contributed by atoms with E-state index in [0.717, 1.165) is 5.56 Å². The highest BCUT2D eigenvalue weighted by Gasteiger charge is 2.21. The first-order chi connectivity index (χ1) is 17.2. The van der Waals surface area contributed by atoms with Crippen LogP contribution in [0, 0.1) is 6.92 Å². The number of amides is 1. The summed E-state index contributed by atoms with van der Waals surface area (Å²) in [5.41, 5.74) is 1.66. The maximum absolute atomic E-state index is 13.3. The van der Waals surface area contributed by atoms with Gasteiger partial charge in [0.05, 0.1) is 35.5 Å². The molecule has 184 valence electrons. The lowest BCUT2D eigenvalue weighted by atomic mass is 10.0. The van der Waals surface area contributed by atoms with Gasteiger partial charge in [-0.3, -0.25) is 4.79 Å². The van der Waals surface area contributed by atoms with Crippen molar-refractivity contribution in [3.8, 4) is 17.2 Å². The molecular weight excluding hydrogens is 525 g/mol. The van der Waals surface area contributed by atoms with E-state index in [0.29, 0.717) is 43.7 Å². The molecule has 7 nitrogen and oxygen atoms in total. The van der Waals surface area contributed by atoms with Crippen LogP contribution in [0.3, 0.4) is 0 Å². The number of benzene rings is 4. The fraction of sp³-hybridized carbons (Fsp3) is 0.115. The second-order valence-corrected chi connectivity index (χ2v) is 9.03. The number of phenols is 1. The summed E-state index contributed by atoms with van der Waals surface area (Å²) in [7, 11) is 2.93. The van der Waals surface area contributed by atoms with Crippen molar-refractivity contribution in [1.29, 1.82) is 0 Å². The number of carbonyl (C=O) groups excluding carboxylic acids is 1. The Hall–Kier alpha value is -3.52. The average molecular weight is 545 g/mol. The van der Waals surface area contributed by atoms with Crippen LogP contribution in [0.1, 0.15) is 15.9 Å². The largest absolute Gasteiger partial charge is 0.505 e. The van der Waals surface area contributed by atoms with E-state index in [2.05, 4.69) is 15.5 Å². The van der Waals surface area contributed by atoms with Crippen LogP contribution in [0.15, 0.2) is 64.8 Å². The summed E-state index contributed by atoms with van der Waals surface area (Å²) in [5.74, 6) is -0.244. The molecule has 0 saturated carbocycles. The van der Waals surface area contributed by atoms with E-state index in [1.807, 2.05) is 19.1 Å². The molecular formula is C26H20Cl3N3O4. The average Bonchev–Trinajstić information content (AvgIpc) is 2.85. The lowest BCUT2D eigenvalue weighted by Crippen LogP contribution is -2.13. The van der Waals surface area contributed by atoms with E-state index in [-0.39, 0.29) is 22.0 Å². The molecule has 36 heavy (non-hydrogen) atoms. The standard InChI is InChI=1S/C26H20Cl3N3O4/c1-13-4-6-16-14(8-13)9-17(25(33)24(16)32-31-20-10-15(27)5-7-18(20)28)26(34)30-21-11-19(29)22(35-2)12-23(21)36-3/h4-12,33H,1-3H3,(H,30,34). The Labute approximate surface area is 222 Å². The molecule has 1 amide bonds. The van der Waals surface area contributed by atoms with Crippen LogP contribution in [0.25, 0.3) is 10.8 Å². The molecule has 0 unspecified atom stereocenters. The molecule has 0 aliphatic heterocycles. The molecule has 0 aromatic heterocycles. The monoisotopic (exact) mass is 543 g/mol. The summed E-state index contributed by atoms with van der Waals surface area (Å²) in [4.78, 5) is 13.3. The van der Waals surface area contributed by atoms with Crippen LogP contribution in [-0.4, -0.2) is 25.2 Å². The molecule has 0 aliphatic carbocycles. The zero-order chi connectivity index (χ0) is 26.0. The predicted octanol–water partition coefficient (Wildman–Crippen LogP) is 8.50. The summed E-state index contributed by atoms with van der Waals surface area (Å²) < 4.78 is 10.6. The number of nitrogens with one attached hydrogen (secondary N) is 1. The third-order valence-corrected chi connectivity index (χ3v) is 6.22. The van der Waals surface area contributed by atoms with E-state index in [9.17, 15) is 9.90 Å². The molecule has 4 aromatic carbocycles. The van der Waals surface area contributed by atoms with E-state index in [4.69, 9.17) is 44.3 Å². The quantitative estimate of drug-likeness (QED) is 0.238. The molecule has 0 radical (unpaired) electrons. The molecule has 4 rings (SSSR count). The predicted molar refractivity (Wildman–Crippen MR) is 143 cm³/mol. The molecule has 0 bridgehead atoms. The number of phenolic OH excluding ortho intramolecular Hbond substituents is 1. The normalized spacial score (nSPS) is 11.2. The van der Waals surface area contributed by atoms with E-state index >= 15 is 0 Å². The molecule has 0 heterocycles. The van der Waals surface area contributed by atoms with Gasteiger partial charge in [-0.05, 0) is 42.6 Å². The Morgan fingerprint density at radius 3 is 2.36 bits per heavy atom. The van der Waals surface area contributed by atoms with Crippen LogP contribution < -0.4 is 14.8 Å². The third-order valence-electron chi connectivity index (χ3n) is 5.37. The van der Waals surface area contributed by atoms with Gasteiger partial charge in [-0.25, -0.2) is 0 Å². The van der Waals surface area contributed by atoms with E-state index in [1.54, 1.807) is 36.4 Å². The summed E-state index contributed by atoms with van der Waals surface area (Å²) in [6, 6.07) is 14.9. The van der Waals surface area contributed by atoms with Crippen molar-refractivity contribution in [1.82, 2.24) is 0 Å². The lowest BCUT2D eigenvalue weighted by Gasteiger charge is -2.15. The summed E-state index contributed by atoms with van der Waals surface area (Å²) in [6.45, 7) is 1.92. The highest BCUT2D eigenvalue weighted by atomic mass is 35.5. The zero-order valence-electron chi connectivity index (χ0n) is 19.4. The van der Waals surface area contributed by atoms with Crippen molar-refractivity contribution in [3.63, 3.8) is 0 Å². The number of aromatic hydroxyl groups is 1. The van der Waals surface area contributed by atoms with Crippen molar-refractivity contribution in [2.45, 2.75) is 6.92 Å². The van der Waals surface area contributed by atoms with Gasteiger partial charge in [-0.2, -0.15) is 0 Å². The number of methoxy groups -OCH3 is 2. The third kappa shape index (κ3) is 5.18. The molecule has 10 heteroatoms. The Balaban J connectivity index is 1.82. The van der Waals surface area contributed by atoms with Crippen LogP contribution in [0.2, 0.25) is 15.1 Å². The van der Waals surface area contributed by atoms with Crippen molar-refractivity contribution in [2.75, 3.05) is 19.5 Å². The number of azo groups is 1. The Bertz CT molecular complexity index is 1520. The number of carbonyl (C=O) groups is 1. The molecule has 0 aliphatic rings. The molecule has 0 fully saturated rings. The number of aryl methyl sites for hydroxylation is 1. The van der Waals surface area contributed by atoms with E-state index in [1.165, 1.54) is 20.3 Å². The second-order valence-electron chi connectivity index (χ2n) is 7.78. The van der Waals surface area contributed by atoms with E-state index < -0.39 is 5.91 Å². The number of rotatable bonds is 6. The molecule has 4 aromatic rings. The summed E-state index contributed by atoms with van der Waals surface area (Å²) in [5, 5.41) is 24.6. The van der Waals surface area contributed by atoms with Crippen molar-refractivity contribution in [3.05, 3.63) is 80.8 Å². The number of anilines is 1. The van der Waals surface area contributed by atoms with Crippen molar-refractivity contribution in [2.24, 2.45) is 10.2 Å². The highest BCUT2D eigenvalue weighted by Crippen LogP contribution is 2.42. The maximum atomic E-state index is 13.3. The highest BCUT2D eigenvalue weighted by molar-refractivity contribution is 6.35. The fourth-order valence-electron chi connectivity index (χ4n) is 3.58. The van der Waals surface area contributed by atoms with Crippen LogP contribution in [0.5, 0.6) is 17.2 Å². The smallest absolute Gasteiger partial charge is 0.259 e. The van der Waals surface area contributed by atoms with Gasteiger partial charge in [-0.15, -0.1) is 10.2 Å². The number of hydrogen-bond acceptors (Lipinski definition) is 6. The van der Waals surface area contributed by atoms with Gasteiger partial charge in [0.2, 0.25) is 0 Å². The van der Waals surface area contributed by atoms with Gasteiger partial charge in [0.15, 0.2) is 5.75 Å². The number of nitrogens with zero attached hydrogens (tertiary/aromatic N) is 2. The fourth-order valence-corrected chi connectivity index (χ4v) is 4.15. The van der Waals surface area contributed by atoms with Crippen LogP contribution in [-0.2, 0) is 0 Å². The minimum atomic E-state index is -0.604. The molecule has 0 spiro atoms. The SMILES string of the molecule is COc1cc(OC)c(NC(=O)c2cc3cc(C)ccc3c(N=Nc3cc(Cl)ccc3Cl)c2O)cc1Cl. The van der Waals surface area contributed by atoms with Gasteiger partial charge in [0.1, 0.15) is 22.9 Å². The van der Waals surface area contributed by atoms with Crippen molar-refractivity contribution < 1.29 is 19.4 Å².